The zero-order valence-electron chi connectivity index (χ0n) is 12.3. The van der Waals surface area contributed by atoms with Crippen molar-refractivity contribution in [2.45, 2.75) is 26.7 Å². The Labute approximate surface area is 124 Å². The van der Waals surface area contributed by atoms with Gasteiger partial charge in [-0.3, -0.25) is 0 Å². The molecular weight excluding hydrogens is 264 g/mol. The van der Waals surface area contributed by atoms with Crippen molar-refractivity contribution in [2.75, 3.05) is 0 Å². The highest BCUT2D eigenvalue weighted by molar-refractivity contribution is 5.53. The molecule has 1 aliphatic heterocycles. The first kappa shape index (κ1) is 14.6. The van der Waals surface area contributed by atoms with Gasteiger partial charge in [-0.15, -0.1) is 0 Å². The quantitative estimate of drug-likeness (QED) is 0.852. The standard InChI is InChI=1S/C16H16N4O/c1-16(2,3)14-11(7-17)13(10-5-4-6-20-9-10)12(8-18)15(19)21-14/h4-6,9,13H,19H2,1-3H3/p+1. The van der Waals surface area contributed by atoms with Gasteiger partial charge in [0, 0.05) is 17.0 Å². The van der Waals surface area contributed by atoms with E-state index in [0.29, 0.717) is 11.3 Å². The number of pyridine rings is 1. The normalized spacial score (nSPS) is 18.8. The third-order valence-corrected chi connectivity index (χ3v) is 3.29. The van der Waals surface area contributed by atoms with E-state index in [1.54, 1.807) is 12.4 Å². The van der Waals surface area contributed by atoms with Crippen molar-refractivity contribution in [3.63, 3.8) is 0 Å². The molecule has 1 atom stereocenters. The molecule has 0 amide bonds. The van der Waals surface area contributed by atoms with E-state index in [2.05, 4.69) is 17.1 Å². The Morgan fingerprint density at radius 3 is 2.38 bits per heavy atom. The lowest BCUT2D eigenvalue weighted by Gasteiger charge is -2.31. The average molecular weight is 281 g/mol. The predicted molar refractivity (Wildman–Crippen MR) is 75.7 cm³/mol. The first-order valence-corrected chi connectivity index (χ1v) is 6.58. The number of ether oxygens (including phenoxy) is 1. The lowest BCUT2D eigenvalue weighted by Crippen LogP contribution is -2.26. The number of aromatic amines is 1. The van der Waals surface area contributed by atoms with Crippen LogP contribution >= 0.6 is 0 Å². The summed E-state index contributed by atoms with van der Waals surface area (Å²) >= 11 is 0. The maximum absolute atomic E-state index is 9.59. The van der Waals surface area contributed by atoms with E-state index < -0.39 is 5.92 Å². The number of H-pyrrole nitrogens is 1. The van der Waals surface area contributed by atoms with Crippen LogP contribution in [0.1, 0.15) is 32.3 Å². The molecular formula is C16H17N4O+. The number of nitrogens with two attached hydrogens (primary N) is 1. The fourth-order valence-corrected chi connectivity index (χ4v) is 2.35. The van der Waals surface area contributed by atoms with E-state index in [9.17, 15) is 10.5 Å². The molecule has 3 N–H and O–H groups in total. The molecule has 2 heterocycles. The van der Waals surface area contributed by atoms with E-state index in [1.807, 2.05) is 32.9 Å². The maximum Gasteiger partial charge on any atom is 0.205 e. The molecule has 1 unspecified atom stereocenters. The van der Waals surface area contributed by atoms with Gasteiger partial charge in [0.05, 0.1) is 17.6 Å². The topological polar surface area (TPSA) is 97.0 Å². The molecule has 0 fully saturated rings. The molecule has 0 aliphatic carbocycles. The van der Waals surface area contributed by atoms with E-state index in [0.717, 1.165) is 5.56 Å². The van der Waals surface area contributed by atoms with Crippen molar-refractivity contribution >= 4 is 0 Å². The van der Waals surface area contributed by atoms with Crippen LogP contribution in [0.15, 0.2) is 47.3 Å². The summed E-state index contributed by atoms with van der Waals surface area (Å²) in [5, 5.41) is 19.0. The molecule has 0 saturated carbocycles. The second kappa shape index (κ2) is 5.30. The first-order chi connectivity index (χ1) is 9.90. The Bertz CT molecular complexity index is 697. The maximum atomic E-state index is 9.59. The smallest absolute Gasteiger partial charge is 0.205 e. The molecule has 0 aromatic carbocycles. The summed E-state index contributed by atoms with van der Waals surface area (Å²) < 4.78 is 5.59. The Hall–Kier alpha value is -2.79. The van der Waals surface area contributed by atoms with Crippen LogP contribution in [0, 0.1) is 28.1 Å². The van der Waals surface area contributed by atoms with Crippen LogP contribution in [-0.2, 0) is 4.74 Å². The van der Waals surface area contributed by atoms with Crippen molar-refractivity contribution in [1.82, 2.24) is 0 Å². The second-order valence-electron chi connectivity index (χ2n) is 5.87. The molecule has 0 saturated heterocycles. The van der Waals surface area contributed by atoms with Crippen LogP contribution in [0.2, 0.25) is 0 Å². The van der Waals surface area contributed by atoms with Gasteiger partial charge in [-0.2, -0.15) is 10.5 Å². The molecule has 0 radical (unpaired) electrons. The van der Waals surface area contributed by atoms with Gasteiger partial charge in [-0.25, -0.2) is 4.98 Å². The summed E-state index contributed by atoms with van der Waals surface area (Å²) in [6.45, 7) is 5.83. The van der Waals surface area contributed by atoms with Gasteiger partial charge in [0.25, 0.3) is 0 Å². The number of rotatable bonds is 1. The summed E-state index contributed by atoms with van der Waals surface area (Å²) in [6, 6.07) is 7.94. The van der Waals surface area contributed by atoms with Crippen LogP contribution < -0.4 is 10.7 Å². The number of hydrogen-bond donors (Lipinski definition) is 1. The zero-order chi connectivity index (χ0) is 15.6. The SMILES string of the molecule is CC(C)(C)C1=C(C#N)C(c2ccc[nH+]c2)C(C#N)=C(N)O1. The van der Waals surface area contributed by atoms with Gasteiger partial charge in [0.1, 0.15) is 17.4 Å². The molecule has 1 aliphatic rings. The third kappa shape index (κ3) is 2.59. The van der Waals surface area contributed by atoms with Crippen LogP contribution in [0.4, 0.5) is 0 Å². The third-order valence-electron chi connectivity index (χ3n) is 3.29. The van der Waals surface area contributed by atoms with Gasteiger partial charge in [0.15, 0.2) is 12.4 Å². The number of aromatic nitrogens is 1. The van der Waals surface area contributed by atoms with Gasteiger partial charge >= 0.3 is 0 Å². The van der Waals surface area contributed by atoms with Gasteiger partial charge in [-0.05, 0) is 6.07 Å². The summed E-state index contributed by atoms with van der Waals surface area (Å²) in [7, 11) is 0. The highest BCUT2D eigenvalue weighted by Gasteiger charge is 2.37. The fraction of sp³-hybridized carbons (Fsp3) is 0.312. The number of nitriles is 2. The van der Waals surface area contributed by atoms with E-state index in [1.165, 1.54) is 0 Å². The van der Waals surface area contributed by atoms with Crippen molar-refractivity contribution in [3.05, 3.63) is 52.9 Å². The van der Waals surface area contributed by atoms with Crippen LogP contribution in [0.5, 0.6) is 0 Å². The van der Waals surface area contributed by atoms with E-state index in [-0.39, 0.29) is 16.9 Å². The number of nitrogens with zero attached hydrogens (tertiary/aromatic N) is 2. The Morgan fingerprint density at radius 1 is 1.24 bits per heavy atom. The minimum absolute atomic E-state index is 0.0651. The van der Waals surface area contributed by atoms with Crippen LogP contribution in [-0.4, -0.2) is 0 Å². The Morgan fingerprint density at radius 2 is 1.90 bits per heavy atom. The minimum atomic E-state index is -0.500. The molecule has 5 heteroatoms. The van der Waals surface area contributed by atoms with Crippen molar-refractivity contribution in [3.8, 4) is 12.1 Å². The Kier molecular flexibility index (Phi) is 3.69. The molecule has 0 spiro atoms. The van der Waals surface area contributed by atoms with Gasteiger partial charge in [-0.1, -0.05) is 20.8 Å². The minimum Gasteiger partial charge on any atom is -0.443 e. The molecule has 21 heavy (non-hydrogen) atoms. The second-order valence-corrected chi connectivity index (χ2v) is 5.87. The van der Waals surface area contributed by atoms with Crippen molar-refractivity contribution < 1.29 is 9.72 Å². The molecule has 2 rings (SSSR count). The molecule has 1 aromatic heterocycles. The largest absolute Gasteiger partial charge is 0.443 e. The lowest BCUT2D eigenvalue weighted by molar-refractivity contribution is -0.378. The van der Waals surface area contributed by atoms with Gasteiger partial charge < -0.3 is 10.5 Å². The van der Waals surface area contributed by atoms with Crippen LogP contribution in [0.25, 0.3) is 0 Å². The summed E-state index contributed by atoms with van der Waals surface area (Å²) in [6.07, 6.45) is 3.53. The van der Waals surface area contributed by atoms with Crippen molar-refractivity contribution in [2.24, 2.45) is 11.1 Å². The van der Waals surface area contributed by atoms with Gasteiger partial charge in [0.2, 0.25) is 5.88 Å². The highest BCUT2D eigenvalue weighted by Crippen LogP contribution is 2.43. The molecule has 1 aromatic rings. The lowest BCUT2D eigenvalue weighted by atomic mass is 9.79. The van der Waals surface area contributed by atoms with Crippen molar-refractivity contribution in [1.29, 1.82) is 10.5 Å². The van der Waals surface area contributed by atoms with E-state index >= 15 is 0 Å². The summed E-state index contributed by atoms with van der Waals surface area (Å²) in [4.78, 5) is 2.97. The number of allylic oxidation sites excluding steroid dienone is 3. The molecule has 5 nitrogen and oxygen atoms in total. The number of hydrogen-bond acceptors (Lipinski definition) is 4. The highest BCUT2D eigenvalue weighted by atomic mass is 16.5. The first-order valence-electron chi connectivity index (χ1n) is 6.58. The molecule has 0 bridgehead atoms. The van der Waals surface area contributed by atoms with E-state index in [4.69, 9.17) is 10.5 Å². The summed E-state index contributed by atoms with van der Waals surface area (Å²) in [5.74, 6) is 0.0751. The fourth-order valence-electron chi connectivity index (χ4n) is 2.35. The summed E-state index contributed by atoms with van der Waals surface area (Å²) in [5.41, 5.74) is 7.01. The Balaban J connectivity index is 2.71. The average Bonchev–Trinajstić information content (AvgIpc) is 2.46. The monoisotopic (exact) mass is 281 g/mol. The predicted octanol–water partition coefficient (Wildman–Crippen LogP) is 2.13. The number of nitrogens with one attached hydrogen (secondary N) is 1. The molecule has 106 valence electrons. The van der Waals surface area contributed by atoms with Crippen LogP contribution in [0.3, 0.4) is 0 Å². The zero-order valence-corrected chi connectivity index (χ0v) is 12.3.